The van der Waals surface area contributed by atoms with Crippen LogP contribution in [0.4, 0.5) is 0 Å². The van der Waals surface area contributed by atoms with Gasteiger partial charge in [0.05, 0.1) is 5.02 Å². The smallest absolute Gasteiger partial charge is 0.182 e. The van der Waals surface area contributed by atoms with E-state index in [9.17, 15) is 0 Å². The zero-order chi connectivity index (χ0) is 18.5. The fourth-order valence-electron chi connectivity index (χ4n) is 2.69. The molecule has 132 valence electrons. The Hall–Kier alpha value is -1.95. The van der Waals surface area contributed by atoms with E-state index in [0.717, 1.165) is 21.1 Å². The summed E-state index contributed by atoms with van der Waals surface area (Å²) in [5.74, 6) is 0.607. The van der Waals surface area contributed by atoms with E-state index in [4.69, 9.17) is 28.3 Å². The van der Waals surface area contributed by atoms with Gasteiger partial charge < -0.3 is 0 Å². The Morgan fingerprint density at radius 1 is 0.962 bits per heavy atom. The molecule has 2 heterocycles. The van der Waals surface area contributed by atoms with E-state index in [1.165, 1.54) is 16.9 Å². The van der Waals surface area contributed by atoms with E-state index in [-0.39, 0.29) is 5.41 Å². The standard InChI is InChI=1S/C19H16Cl2N4S/c1-19(2,3)12-6-4-11(5-7-12)17-24-25-16(22-23-18(25)26-17)14-9-8-13(20)10-15(14)21/h4-10H,1-3H3. The molecule has 0 aliphatic heterocycles. The normalized spacial score (nSPS) is 12.0. The monoisotopic (exact) mass is 402 g/mol. The fraction of sp³-hybridized carbons (Fsp3) is 0.211. The third-order valence-electron chi connectivity index (χ3n) is 4.16. The molecule has 0 spiro atoms. The lowest BCUT2D eigenvalue weighted by atomic mass is 9.87. The third-order valence-corrected chi connectivity index (χ3v) is 5.66. The van der Waals surface area contributed by atoms with Crippen molar-refractivity contribution in [2.24, 2.45) is 0 Å². The number of fused-ring (bicyclic) bond motifs is 1. The quantitative estimate of drug-likeness (QED) is 0.405. The van der Waals surface area contributed by atoms with E-state index in [0.29, 0.717) is 15.9 Å². The van der Waals surface area contributed by atoms with Gasteiger partial charge >= 0.3 is 0 Å². The first kappa shape index (κ1) is 17.5. The van der Waals surface area contributed by atoms with E-state index in [1.807, 2.05) is 6.07 Å². The average molecular weight is 403 g/mol. The molecule has 4 rings (SSSR count). The van der Waals surface area contributed by atoms with Gasteiger partial charge in [0.25, 0.3) is 0 Å². The van der Waals surface area contributed by atoms with Gasteiger partial charge in [0, 0.05) is 16.1 Å². The van der Waals surface area contributed by atoms with E-state index >= 15 is 0 Å². The molecule has 0 amide bonds. The SMILES string of the molecule is CC(C)(C)c1ccc(-c2nn3c(-c4ccc(Cl)cc4Cl)nnc3s2)cc1. The molecule has 0 fully saturated rings. The van der Waals surface area contributed by atoms with Crippen molar-refractivity contribution in [2.75, 3.05) is 0 Å². The molecule has 26 heavy (non-hydrogen) atoms. The van der Waals surface area contributed by atoms with Crippen LogP contribution in [-0.2, 0) is 5.41 Å². The summed E-state index contributed by atoms with van der Waals surface area (Å²) in [5, 5.41) is 15.2. The number of benzene rings is 2. The fourth-order valence-corrected chi connectivity index (χ4v) is 4.02. The predicted octanol–water partition coefficient (Wildman–Crippen LogP) is 6.12. The molecule has 2 aromatic carbocycles. The number of aromatic nitrogens is 4. The topological polar surface area (TPSA) is 43.1 Å². The van der Waals surface area contributed by atoms with Crippen LogP contribution in [0.1, 0.15) is 26.3 Å². The molecule has 2 aromatic heterocycles. The van der Waals surface area contributed by atoms with Crippen LogP contribution in [0, 0.1) is 0 Å². The van der Waals surface area contributed by atoms with Gasteiger partial charge in [-0.15, -0.1) is 10.2 Å². The van der Waals surface area contributed by atoms with Crippen molar-refractivity contribution in [3.63, 3.8) is 0 Å². The summed E-state index contributed by atoms with van der Waals surface area (Å²) in [6.07, 6.45) is 0. The molecule has 0 saturated carbocycles. The molecule has 0 saturated heterocycles. The first-order chi connectivity index (χ1) is 12.3. The van der Waals surface area contributed by atoms with Crippen molar-refractivity contribution in [3.05, 3.63) is 58.1 Å². The molecule has 0 N–H and O–H groups in total. The Bertz CT molecular complexity index is 1090. The number of nitrogens with zero attached hydrogens (tertiary/aromatic N) is 4. The summed E-state index contributed by atoms with van der Waals surface area (Å²) in [7, 11) is 0. The summed E-state index contributed by atoms with van der Waals surface area (Å²) in [6.45, 7) is 6.60. The third kappa shape index (κ3) is 3.11. The van der Waals surface area contributed by atoms with E-state index in [1.54, 1.807) is 16.6 Å². The van der Waals surface area contributed by atoms with Crippen molar-refractivity contribution in [1.29, 1.82) is 0 Å². The highest BCUT2D eigenvalue weighted by atomic mass is 35.5. The predicted molar refractivity (Wildman–Crippen MR) is 108 cm³/mol. The van der Waals surface area contributed by atoms with Crippen molar-refractivity contribution < 1.29 is 0 Å². The molecule has 7 heteroatoms. The van der Waals surface area contributed by atoms with Crippen LogP contribution < -0.4 is 0 Å². The van der Waals surface area contributed by atoms with Gasteiger partial charge in [-0.25, -0.2) is 0 Å². The largest absolute Gasteiger partial charge is 0.235 e. The Kier molecular flexibility index (Phi) is 4.26. The summed E-state index contributed by atoms with van der Waals surface area (Å²) >= 11 is 13.8. The maximum atomic E-state index is 6.32. The highest BCUT2D eigenvalue weighted by Gasteiger charge is 2.18. The number of hydrogen-bond donors (Lipinski definition) is 0. The molecular formula is C19H16Cl2N4S. The minimum Gasteiger partial charge on any atom is -0.182 e. The molecule has 0 atom stereocenters. The van der Waals surface area contributed by atoms with Gasteiger partial charge in [-0.2, -0.15) is 9.61 Å². The first-order valence-electron chi connectivity index (χ1n) is 8.11. The Morgan fingerprint density at radius 2 is 1.69 bits per heavy atom. The highest BCUT2D eigenvalue weighted by molar-refractivity contribution is 7.19. The van der Waals surface area contributed by atoms with Crippen LogP contribution in [0.2, 0.25) is 10.0 Å². The van der Waals surface area contributed by atoms with Gasteiger partial charge in [0.15, 0.2) is 5.82 Å². The Labute approximate surface area is 165 Å². The second-order valence-electron chi connectivity index (χ2n) is 7.08. The average Bonchev–Trinajstić information content (AvgIpc) is 3.15. The second-order valence-corrected chi connectivity index (χ2v) is 8.88. The number of rotatable bonds is 2. The molecular weight excluding hydrogens is 387 g/mol. The number of halogens is 2. The minimum absolute atomic E-state index is 0.123. The lowest BCUT2D eigenvalue weighted by molar-refractivity contribution is 0.590. The minimum atomic E-state index is 0.123. The molecule has 4 aromatic rings. The molecule has 0 bridgehead atoms. The van der Waals surface area contributed by atoms with Crippen molar-refractivity contribution >= 4 is 39.5 Å². The maximum Gasteiger partial charge on any atom is 0.235 e. The van der Waals surface area contributed by atoms with Crippen LogP contribution in [0.5, 0.6) is 0 Å². The summed E-state index contributed by atoms with van der Waals surface area (Å²) < 4.78 is 1.73. The van der Waals surface area contributed by atoms with Gasteiger partial charge in [-0.05, 0) is 29.2 Å². The molecule has 4 nitrogen and oxygen atoms in total. The zero-order valence-electron chi connectivity index (χ0n) is 14.5. The second kappa shape index (κ2) is 6.34. The summed E-state index contributed by atoms with van der Waals surface area (Å²) in [5.41, 5.74) is 3.22. The van der Waals surface area contributed by atoms with Crippen LogP contribution in [0.25, 0.3) is 26.9 Å². The van der Waals surface area contributed by atoms with E-state index in [2.05, 4.69) is 55.2 Å². The molecule has 0 radical (unpaired) electrons. The summed E-state index contributed by atoms with van der Waals surface area (Å²) in [4.78, 5) is 0.723. The lowest BCUT2D eigenvalue weighted by Crippen LogP contribution is -2.10. The Morgan fingerprint density at radius 3 is 2.35 bits per heavy atom. The summed E-state index contributed by atoms with van der Waals surface area (Å²) in [6, 6.07) is 13.8. The van der Waals surface area contributed by atoms with Gasteiger partial charge in [-0.3, -0.25) is 0 Å². The molecule has 0 aliphatic rings. The van der Waals surface area contributed by atoms with Gasteiger partial charge in [0.1, 0.15) is 5.01 Å². The molecule has 0 unspecified atom stereocenters. The Balaban J connectivity index is 1.76. The van der Waals surface area contributed by atoms with Crippen molar-refractivity contribution in [2.45, 2.75) is 26.2 Å². The maximum absolute atomic E-state index is 6.32. The lowest BCUT2D eigenvalue weighted by Gasteiger charge is -2.18. The van der Waals surface area contributed by atoms with E-state index < -0.39 is 0 Å². The molecule has 0 aliphatic carbocycles. The zero-order valence-corrected chi connectivity index (χ0v) is 16.8. The van der Waals surface area contributed by atoms with Crippen LogP contribution in [0.3, 0.4) is 0 Å². The van der Waals surface area contributed by atoms with Crippen molar-refractivity contribution in [1.82, 2.24) is 19.8 Å². The first-order valence-corrected chi connectivity index (χ1v) is 9.69. The van der Waals surface area contributed by atoms with Crippen LogP contribution in [0.15, 0.2) is 42.5 Å². The van der Waals surface area contributed by atoms with Crippen LogP contribution in [-0.4, -0.2) is 19.8 Å². The van der Waals surface area contributed by atoms with Gasteiger partial charge in [0.2, 0.25) is 4.96 Å². The van der Waals surface area contributed by atoms with Gasteiger partial charge in [-0.1, -0.05) is 79.6 Å². The van der Waals surface area contributed by atoms with Crippen LogP contribution >= 0.6 is 34.5 Å². The number of hydrogen-bond acceptors (Lipinski definition) is 4. The van der Waals surface area contributed by atoms with Crippen molar-refractivity contribution in [3.8, 4) is 22.0 Å². The highest BCUT2D eigenvalue weighted by Crippen LogP contribution is 2.33.